The summed E-state index contributed by atoms with van der Waals surface area (Å²) < 4.78 is 0. The largest absolute Gasteiger partial charge is 0.478 e. The first-order valence-corrected chi connectivity index (χ1v) is 6.79. The molecule has 1 aromatic rings. The lowest BCUT2D eigenvalue weighted by atomic mass is 10.1. The fraction of sp³-hybridized carbons (Fsp3) is 0.467. The number of benzene rings is 1. The second-order valence-corrected chi connectivity index (χ2v) is 5.36. The van der Waals surface area contributed by atoms with E-state index in [-0.39, 0.29) is 17.6 Å². The van der Waals surface area contributed by atoms with Crippen molar-refractivity contribution < 1.29 is 14.7 Å². The van der Waals surface area contributed by atoms with Gasteiger partial charge in [0, 0.05) is 26.2 Å². The predicted molar refractivity (Wildman–Crippen MR) is 81.4 cm³/mol. The minimum atomic E-state index is -0.953. The summed E-state index contributed by atoms with van der Waals surface area (Å²) >= 11 is 0. The van der Waals surface area contributed by atoms with Crippen molar-refractivity contribution in [3.8, 4) is 0 Å². The molecular weight excluding hydrogens is 270 g/mol. The molecule has 116 valence electrons. The van der Waals surface area contributed by atoms with E-state index in [0.717, 1.165) is 5.56 Å². The van der Waals surface area contributed by atoms with E-state index in [1.807, 2.05) is 25.9 Å². The molecule has 0 bridgehead atoms. The van der Waals surface area contributed by atoms with Gasteiger partial charge in [0.15, 0.2) is 0 Å². The first-order valence-electron chi connectivity index (χ1n) is 6.79. The zero-order chi connectivity index (χ0) is 16.0. The van der Waals surface area contributed by atoms with E-state index in [1.54, 1.807) is 24.1 Å². The lowest BCUT2D eigenvalue weighted by Crippen LogP contribution is -2.43. The number of rotatable bonds is 6. The third-order valence-corrected chi connectivity index (χ3v) is 3.40. The average Bonchev–Trinajstić information content (AvgIpc) is 2.44. The first kappa shape index (κ1) is 17.0. The minimum Gasteiger partial charge on any atom is -0.478 e. The molecule has 1 atom stereocenters. The zero-order valence-electron chi connectivity index (χ0n) is 13.0. The van der Waals surface area contributed by atoms with Crippen molar-refractivity contribution in [1.82, 2.24) is 15.1 Å². The molecule has 0 spiro atoms. The number of amides is 2. The molecule has 21 heavy (non-hydrogen) atoms. The van der Waals surface area contributed by atoms with Crippen molar-refractivity contribution in [3.05, 3.63) is 35.4 Å². The van der Waals surface area contributed by atoms with Crippen LogP contribution in [-0.2, 0) is 6.54 Å². The van der Waals surface area contributed by atoms with Gasteiger partial charge < -0.3 is 20.2 Å². The molecule has 0 radical (unpaired) electrons. The van der Waals surface area contributed by atoms with Crippen LogP contribution in [0.1, 0.15) is 22.8 Å². The number of likely N-dealkylation sites (N-methyl/N-ethyl adjacent to an activating group) is 1. The van der Waals surface area contributed by atoms with Gasteiger partial charge in [-0.2, -0.15) is 0 Å². The first-order chi connectivity index (χ1) is 9.81. The fourth-order valence-electron chi connectivity index (χ4n) is 1.65. The molecule has 6 heteroatoms. The molecule has 0 aromatic heterocycles. The third-order valence-electron chi connectivity index (χ3n) is 3.40. The number of aromatic carboxylic acids is 1. The number of nitrogens with zero attached hydrogens (tertiary/aromatic N) is 2. The Kier molecular flexibility index (Phi) is 6.17. The van der Waals surface area contributed by atoms with E-state index >= 15 is 0 Å². The average molecular weight is 293 g/mol. The fourth-order valence-corrected chi connectivity index (χ4v) is 1.65. The molecule has 2 N–H and O–H groups in total. The van der Waals surface area contributed by atoms with Gasteiger partial charge in [-0.3, -0.25) is 0 Å². The number of nitrogens with one attached hydrogen (secondary N) is 1. The van der Waals surface area contributed by atoms with Gasteiger partial charge in [-0.1, -0.05) is 12.1 Å². The Morgan fingerprint density at radius 1 is 1.19 bits per heavy atom. The molecule has 1 unspecified atom stereocenters. The van der Waals surface area contributed by atoms with Gasteiger partial charge in [0.25, 0.3) is 0 Å². The molecule has 0 fully saturated rings. The molecule has 1 rings (SSSR count). The van der Waals surface area contributed by atoms with Crippen molar-refractivity contribution in [2.45, 2.75) is 19.5 Å². The molecule has 0 aliphatic rings. The summed E-state index contributed by atoms with van der Waals surface area (Å²) in [5, 5.41) is 11.7. The molecule has 1 aromatic carbocycles. The number of carbonyl (C=O) groups is 2. The molecule has 0 aliphatic carbocycles. The molecule has 0 heterocycles. The maximum absolute atomic E-state index is 12.0. The van der Waals surface area contributed by atoms with Crippen LogP contribution in [0.5, 0.6) is 0 Å². The van der Waals surface area contributed by atoms with Crippen molar-refractivity contribution in [2.75, 3.05) is 27.7 Å². The standard InChI is InChI=1S/C15H23N3O3/c1-11(17(2)3)9-16-15(21)18(4)10-12-5-7-13(8-6-12)14(19)20/h5-8,11H,9-10H2,1-4H3,(H,16,21)(H,19,20). The van der Waals surface area contributed by atoms with Gasteiger partial charge in [-0.15, -0.1) is 0 Å². The maximum atomic E-state index is 12.0. The Labute approximate surface area is 125 Å². The van der Waals surface area contributed by atoms with Crippen molar-refractivity contribution >= 4 is 12.0 Å². The third kappa shape index (κ3) is 5.43. The van der Waals surface area contributed by atoms with Gasteiger partial charge in [-0.25, -0.2) is 9.59 Å². The Morgan fingerprint density at radius 3 is 2.24 bits per heavy atom. The van der Waals surface area contributed by atoms with E-state index in [9.17, 15) is 9.59 Å². The van der Waals surface area contributed by atoms with Gasteiger partial charge >= 0.3 is 12.0 Å². The molecular formula is C15H23N3O3. The summed E-state index contributed by atoms with van der Waals surface area (Å²) in [7, 11) is 5.63. The van der Waals surface area contributed by atoms with Crippen molar-refractivity contribution in [3.63, 3.8) is 0 Å². The summed E-state index contributed by atoms with van der Waals surface area (Å²) in [5.41, 5.74) is 1.13. The van der Waals surface area contributed by atoms with Crippen molar-refractivity contribution in [2.24, 2.45) is 0 Å². The van der Waals surface area contributed by atoms with E-state index in [0.29, 0.717) is 13.1 Å². The quantitative estimate of drug-likeness (QED) is 0.833. The summed E-state index contributed by atoms with van der Waals surface area (Å²) in [5.74, 6) is -0.953. The summed E-state index contributed by atoms with van der Waals surface area (Å²) in [6, 6.07) is 6.63. The Balaban J connectivity index is 2.50. The van der Waals surface area contributed by atoms with E-state index < -0.39 is 5.97 Å². The maximum Gasteiger partial charge on any atom is 0.335 e. The number of urea groups is 1. The van der Waals surface area contributed by atoms with Crippen LogP contribution in [0.4, 0.5) is 4.79 Å². The molecule has 0 aliphatic heterocycles. The van der Waals surface area contributed by atoms with E-state index in [1.165, 1.54) is 12.1 Å². The Bertz CT molecular complexity index is 485. The lowest BCUT2D eigenvalue weighted by molar-refractivity contribution is 0.0697. The molecule has 0 saturated carbocycles. The second-order valence-electron chi connectivity index (χ2n) is 5.36. The van der Waals surface area contributed by atoms with Crippen LogP contribution < -0.4 is 5.32 Å². The topological polar surface area (TPSA) is 72.9 Å². The monoisotopic (exact) mass is 293 g/mol. The minimum absolute atomic E-state index is 0.147. The van der Waals surface area contributed by atoms with Crippen LogP contribution in [-0.4, -0.2) is 60.6 Å². The van der Waals surface area contributed by atoms with E-state index in [2.05, 4.69) is 5.32 Å². The number of carboxylic acid groups (broad SMARTS) is 1. The number of carboxylic acids is 1. The van der Waals surface area contributed by atoms with Crippen LogP contribution in [0.3, 0.4) is 0 Å². The zero-order valence-corrected chi connectivity index (χ0v) is 13.0. The van der Waals surface area contributed by atoms with Gasteiger partial charge in [0.2, 0.25) is 0 Å². The van der Waals surface area contributed by atoms with Crippen LogP contribution >= 0.6 is 0 Å². The normalized spacial score (nSPS) is 12.0. The number of carbonyl (C=O) groups excluding carboxylic acids is 1. The molecule has 0 saturated heterocycles. The molecule has 6 nitrogen and oxygen atoms in total. The smallest absolute Gasteiger partial charge is 0.335 e. The lowest BCUT2D eigenvalue weighted by Gasteiger charge is -2.23. The predicted octanol–water partition coefficient (Wildman–Crippen LogP) is 1.48. The highest BCUT2D eigenvalue weighted by Gasteiger charge is 2.11. The second kappa shape index (κ2) is 7.64. The van der Waals surface area contributed by atoms with Gasteiger partial charge in [0.1, 0.15) is 0 Å². The summed E-state index contributed by atoms with van der Waals surface area (Å²) in [4.78, 5) is 26.3. The highest BCUT2D eigenvalue weighted by molar-refractivity contribution is 5.87. The molecule has 2 amide bonds. The van der Waals surface area contributed by atoms with Gasteiger partial charge in [0.05, 0.1) is 5.56 Å². The van der Waals surface area contributed by atoms with Gasteiger partial charge in [-0.05, 0) is 38.7 Å². The highest BCUT2D eigenvalue weighted by Crippen LogP contribution is 2.07. The Morgan fingerprint density at radius 2 is 1.76 bits per heavy atom. The van der Waals surface area contributed by atoms with Crippen LogP contribution in [0.2, 0.25) is 0 Å². The van der Waals surface area contributed by atoms with Crippen LogP contribution in [0.15, 0.2) is 24.3 Å². The number of hydrogen-bond donors (Lipinski definition) is 2. The summed E-state index contributed by atoms with van der Waals surface area (Å²) in [6.45, 7) is 3.04. The van der Waals surface area contributed by atoms with Crippen LogP contribution in [0, 0.1) is 0 Å². The Hall–Kier alpha value is -2.08. The summed E-state index contributed by atoms with van der Waals surface area (Å²) in [6.07, 6.45) is 0. The van der Waals surface area contributed by atoms with E-state index in [4.69, 9.17) is 5.11 Å². The SMILES string of the molecule is CC(CNC(=O)N(C)Cc1ccc(C(=O)O)cc1)N(C)C. The van der Waals surface area contributed by atoms with Crippen LogP contribution in [0.25, 0.3) is 0 Å². The van der Waals surface area contributed by atoms with Crippen molar-refractivity contribution in [1.29, 1.82) is 0 Å². The number of hydrogen-bond acceptors (Lipinski definition) is 3. The highest BCUT2D eigenvalue weighted by atomic mass is 16.4.